The summed E-state index contributed by atoms with van der Waals surface area (Å²) in [5, 5.41) is 9.94. The lowest BCUT2D eigenvalue weighted by molar-refractivity contribution is -0.141. The number of aromatic nitrogens is 2. The number of rotatable bonds is 6. The van der Waals surface area contributed by atoms with Crippen LogP contribution in [0.25, 0.3) is 0 Å². The zero-order valence-electron chi connectivity index (χ0n) is 14.9. The highest BCUT2D eigenvalue weighted by Crippen LogP contribution is 2.46. The minimum Gasteiger partial charge on any atom is -0.383 e. The molecule has 1 fully saturated rings. The Bertz CT molecular complexity index is 682. The number of ether oxygens (including phenoxy) is 1. The van der Waals surface area contributed by atoms with Crippen molar-refractivity contribution in [3.8, 4) is 0 Å². The molecule has 1 saturated heterocycles. The number of aryl methyl sites for hydroxylation is 1. The first-order valence-electron chi connectivity index (χ1n) is 8.85. The van der Waals surface area contributed by atoms with Gasteiger partial charge in [-0.25, -0.2) is 0 Å². The van der Waals surface area contributed by atoms with Crippen molar-refractivity contribution in [2.75, 3.05) is 20.3 Å². The third-order valence-corrected chi connectivity index (χ3v) is 5.32. The third kappa shape index (κ3) is 3.33. The van der Waals surface area contributed by atoms with Crippen LogP contribution in [-0.4, -0.2) is 47.2 Å². The lowest BCUT2D eigenvalue weighted by Crippen LogP contribution is -2.53. The fraction of sp³-hybridized carbons (Fsp3) is 0.611. The van der Waals surface area contributed by atoms with Crippen LogP contribution in [0.15, 0.2) is 18.0 Å². The van der Waals surface area contributed by atoms with Crippen LogP contribution in [0.2, 0.25) is 0 Å². The number of hydrogen-bond acceptors (Lipinski definition) is 4. The van der Waals surface area contributed by atoms with Gasteiger partial charge in [0.2, 0.25) is 11.8 Å². The monoisotopic (exact) mass is 346 g/mol. The van der Waals surface area contributed by atoms with Crippen molar-refractivity contribution in [1.29, 1.82) is 0 Å². The number of hydrogen-bond donors (Lipinski definition) is 2. The highest BCUT2D eigenvalue weighted by molar-refractivity contribution is 5.91. The van der Waals surface area contributed by atoms with Gasteiger partial charge in [-0.05, 0) is 32.6 Å². The summed E-state index contributed by atoms with van der Waals surface area (Å²) in [6.45, 7) is 3.35. The van der Waals surface area contributed by atoms with E-state index in [9.17, 15) is 9.59 Å². The largest absolute Gasteiger partial charge is 0.383 e. The van der Waals surface area contributed by atoms with E-state index in [0.717, 1.165) is 36.2 Å². The molecule has 3 rings (SSSR count). The number of carbonyl (C=O) groups is 2. The van der Waals surface area contributed by atoms with Crippen molar-refractivity contribution in [3.05, 3.63) is 29.2 Å². The van der Waals surface area contributed by atoms with Crippen LogP contribution in [0.3, 0.4) is 0 Å². The molecule has 0 radical (unpaired) electrons. The Morgan fingerprint density at radius 1 is 1.48 bits per heavy atom. The van der Waals surface area contributed by atoms with E-state index >= 15 is 0 Å². The minimum atomic E-state index is -0.600. The number of allylic oxidation sites excluding steroid dienone is 1. The molecule has 7 nitrogen and oxygen atoms in total. The summed E-state index contributed by atoms with van der Waals surface area (Å²) in [7, 11) is 1.62. The lowest BCUT2D eigenvalue weighted by Gasteiger charge is -2.46. The minimum absolute atomic E-state index is 0.00830. The van der Waals surface area contributed by atoms with Gasteiger partial charge in [0, 0.05) is 43.6 Å². The smallest absolute Gasteiger partial charge is 0.232 e. The molecular formula is C18H26N4O3. The lowest BCUT2D eigenvalue weighted by atomic mass is 9.69. The summed E-state index contributed by atoms with van der Waals surface area (Å²) in [6.07, 6.45) is 7.44. The zero-order valence-corrected chi connectivity index (χ0v) is 14.9. The molecule has 2 N–H and O–H groups in total. The molecule has 0 saturated carbocycles. The van der Waals surface area contributed by atoms with Gasteiger partial charge in [-0.1, -0.05) is 6.08 Å². The molecule has 2 aliphatic rings. The van der Waals surface area contributed by atoms with Crippen molar-refractivity contribution < 1.29 is 14.3 Å². The molecule has 25 heavy (non-hydrogen) atoms. The van der Waals surface area contributed by atoms with Crippen LogP contribution in [0, 0.1) is 12.3 Å². The number of likely N-dealkylation sites (tertiary alicyclic amines) is 1. The number of fused-ring (bicyclic) bond motifs is 1. The Balaban J connectivity index is 1.80. The van der Waals surface area contributed by atoms with E-state index in [2.05, 4.69) is 21.6 Å². The van der Waals surface area contributed by atoms with E-state index < -0.39 is 5.41 Å². The molecule has 2 amide bonds. The molecule has 0 spiro atoms. The summed E-state index contributed by atoms with van der Waals surface area (Å²) in [5.41, 5.74) is 2.21. The van der Waals surface area contributed by atoms with Gasteiger partial charge in [-0.3, -0.25) is 14.7 Å². The number of aromatic amines is 1. The number of methoxy groups -OCH3 is 1. The summed E-state index contributed by atoms with van der Waals surface area (Å²) in [5.74, 6) is 0.0910. The summed E-state index contributed by atoms with van der Waals surface area (Å²) >= 11 is 0. The fourth-order valence-electron chi connectivity index (χ4n) is 3.85. The quantitative estimate of drug-likeness (QED) is 0.820. The molecule has 0 aromatic carbocycles. The van der Waals surface area contributed by atoms with Crippen molar-refractivity contribution in [1.82, 2.24) is 20.4 Å². The van der Waals surface area contributed by atoms with Crippen LogP contribution < -0.4 is 5.32 Å². The Morgan fingerprint density at radius 2 is 2.32 bits per heavy atom. The van der Waals surface area contributed by atoms with Crippen LogP contribution >= 0.6 is 0 Å². The maximum absolute atomic E-state index is 13.1. The predicted molar refractivity (Wildman–Crippen MR) is 92.4 cm³/mol. The van der Waals surface area contributed by atoms with E-state index in [4.69, 9.17) is 4.74 Å². The van der Waals surface area contributed by atoms with E-state index in [1.54, 1.807) is 18.2 Å². The van der Waals surface area contributed by atoms with Crippen molar-refractivity contribution in [3.63, 3.8) is 0 Å². The maximum Gasteiger partial charge on any atom is 0.232 e. The topological polar surface area (TPSA) is 87.3 Å². The zero-order chi connectivity index (χ0) is 17.9. The van der Waals surface area contributed by atoms with Gasteiger partial charge < -0.3 is 15.0 Å². The molecule has 2 heterocycles. The molecule has 7 heteroatoms. The van der Waals surface area contributed by atoms with Gasteiger partial charge in [-0.2, -0.15) is 5.10 Å². The maximum atomic E-state index is 13.1. The number of amides is 2. The predicted octanol–water partition coefficient (Wildman–Crippen LogP) is 1.66. The normalized spacial score (nSPS) is 23.2. The van der Waals surface area contributed by atoms with Crippen LogP contribution in [0.1, 0.15) is 43.4 Å². The number of nitrogens with zero attached hydrogens (tertiary/aromatic N) is 2. The molecule has 1 aliphatic heterocycles. The molecule has 1 aromatic heterocycles. The van der Waals surface area contributed by atoms with Gasteiger partial charge in [0.25, 0.3) is 0 Å². The van der Waals surface area contributed by atoms with Crippen molar-refractivity contribution >= 4 is 11.8 Å². The van der Waals surface area contributed by atoms with E-state index in [-0.39, 0.29) is 11.8 Å². The van der Waals surface area contributed by atoms with Crippen molar-refractivity contribution in [2.45, 2.75) is 45.6 Å². The Labute approximate surface area is 147 Å². The second-order valence-corrected chi connectivity index (χ2v) is 6.80. The van der Waals surface area contributed by atoms with E-state index in [0.29, 0.717) is 32.5 Å². The van der Waals surface area contributed by atoms with Gasteiger partial charge in [0.05, 0.1) is 18.2 Å². The standard InChI is InChI=1S/C18H26N4O3/c1-13-14(12-20-21-13)11-19-17(24)18-7-4-3-5-15(18)22(9-10-25-2)16(23)6-8-18/h5,12H,3-4,6-11H2,1-2H3,(H,19,24)(H,20,21). The highest BCUT2D eigenvalue weighted by atomic mass is 16.5. The van der Waals surface area contributed by atoms with Gasteiger partial charge in [-0.15, -0.1) is 0 Å². The Hall–Kier alpha value is -2.15. The SMILES string of the molecule is COCCN1C(=O)CCC2(C(=O)NCc3cn[nH]c3C)CCCC=C12. The highest BCUT2D eigenvalue weighted by Gasteiger charge is 2.49. The van der Waals surface area contributed by atoms with E-state index in [1.807, 2.05) is 6.92 Å². The van der Waals surface area contributed by atoms with Gasteiger partial charge in [0.1, 0.15) is 0 Å². The van der Waals surface area contributed by atoms with Crippen LogP contribution in [0.5, 0.6) is 0 Å². The van der Waals surface area contributed by atoms with Crippen LogP contribution in [-0.2, 0) is 20.9 Å². The first kappa shape index (κ1) is 17.7. The average molecular weight is 346 g/mol. The van der Waals surface area contributed by atoms with E-state index in [1.165, 1.54) is 0 Å². The summed E-state index contributed by atoms with van der Waals surface area (Å²) in [6, 6.07) is 0. The van der Waals surface area contributed by atoms with Crippen LogP contribution in [0.4, 0.5) is 0 Å². The summed E-state index contributed by atoms with van der Waals surface area (Å²) < 4.78 is 5.14. The van der Waals surface area contributed by atoms with Gasteiger partial charge >= 0.3 is 0 Å². The number of H-pyrrole nitrogens is 1. The molecule has 136 valence electrons. The molecule has 1 unspecified atom stereocenters. The van der Waals surface area contributed by atoms with Gasteiger partial charge in [0.15, 0.2) is 0 Å². The Kier molecular flexibility index (Phi) is 5.22. The first-order chi connectivity index (χ1) is 12.1. The van der Waals surface area contributed by atoms with Crippen molar-refractivity contribution in [2.24, 2.45) is 5.41 Å². The molecule has 0 bridgehead atoms. The third-order valence-electron chi connectivity index (χ3n) is 5.32. The fourth-order valence-corrected chi connectivity index (χ4v) is 3.85. The number of piperidine rings is 1. The molecule has 1 atom stereocenters. The second kappa shape index (κ2) is 7.39. The number of carbonyl (C=O) groups excluding carboxylic acids is 2. The molecule has 1 aliphatic carbocycles. The number of nitrogens with one attached hydrogen (secondary N) is 2. The summed E-state index contributed by atoms with van der Waals surface area (Å²) in [4.78, 5) is 27.3. The average Bonchev–Trinajstić information content (AvgIpc) is 3.04. The Morgan fingerprint density at radius 3 is 3.04 bits per heavy atom. The second-order valence-electron chi connectivity index (χ2n) is 6.80. The molecule has 1 aromatic rings. The molecular weight excluding hydrogens is 320 g/mol. The first-order valence-corrected chi connectivity index (χ1v) is 8.85.